The first-order valence-electron chi connectivity index (χ1n) is 9.16. The van der Waals surface area contributed by atoms with Gasteiger partial charge in [-0.15, -0.1) is 0 Å². The fourth-order valence-corrected chi connectivity index (χ4v) is 4.65. The molecule has 0 spiro atoms. The van der Waals surface area contributed by atoms with Crippen molar-refractivity contribution in [3.8, 4) is 0 Å². The molecule has 3 amide bonds. The van der Waals surface area contributed by atoms with Crippen molar-refractivity contribution in [2.75, 3.05) is 19.6 Å². The highest BCUT2D eigenvalue weighted by atomic mass is 16.4. The monoisotopic (exact) mass is 357 g/mol. The molecule has 1 aromatic carbocycles. The molecule has 0 bridgehead atoms. The smallest absolute Gasteiger partial charge is 0.317 e. The van der Waals surface area contributed by atoms with Crippen LogP contribution in [0.1, 0.15) is 40.7 Å². The summed E-state index contributed by atoms with van der Waals surface area (Å²) in [6.45, 7) is 1.76. The molecule has 1 saturated carbocycles. The zero-order valence-corrected chi connectivity index (χ0v) is 14.6. The lowest BCUT2D eigenvalue weighted by Gasteiger charge is -2.23. The van der Waals surface area contributed by atoms with Crippen molar-refractivity contribution < 1.29 is 19.5 Å². The van der Waals surface area contributed by atoms with E-state index < -0.39 is 11.4 Å². The van der Waals surface area contributed by atoms with Gasteiger partial charge in [-0.2, -0.15) is 0 Å². The fraction of sp³-hybridized carbons (Fsp3) is 0.526. The van der Waals surface area contributed by atoms with Crippen LogP contribution in [0.4, 0.5) is 4.79 Å². The minimum absolute atomic E-state index is 0.0539. The second-order valence-corrected chi connectivity index (χ2v) is 7.59. The van der Waals surface area contributed by atoms with E-state index in [0.717, 1.165) is 30.4 Å². The first kappa shape index (κ1) is 16.9. The summed E-state index contributed by atoms with van der Waals surface area (Å²) in [5.74, 6) is -0.801. The minimum Gasteiger partial charge on any atom is -0.481 e. The minimum atomic E-state index is -0.781. The lowest BCUT2D eigenvalue weighted by molar-refractivity contribution is -0.149. The molecule has 3 aliphatic rings. The van der Waals surface area contributed by atoms with Crippen molar-refractivity contribution in [3.05, 3.63) is 34.9 Å². The highest BCUT2D eigenvalue weighted by Crippen LogP contribution is 2.48. The summed E-state index contributed by atoms with van der Waals surface area (Å²) in [6.07, 6.45) is 3.26. The van der Waals surface area contributed by atoms with Gasteiger partial charge in [-0.25, -0.2) is 4.79 Å². The van der Waals surface area contributed by atoms with Crippen LogP contribution < -0.4 is 10.6 Å². The quantitative estimate of drug-likeness (QED) is 0.761. The maximum Gasteiger partial charge on any atom is 0.317 e. The molecule has 0 radical (unpaired) electrons. The Morgan fingerprint density at radius 2 is 2.23 bits per heavy atom. The van der Waals surface area contributed by atoms with E-state index in [1.165, 1.54) is 0 Å². The van der Waals surface area contributed by atoms with Gasteiger partial charge in [0, 0.05) is 31.7 Å². The summed E-state index contributed by atoms with van der Waals surface area (Å²) in [4.78, 5) is 37.8. The molecule has 7 heteroatoms. The molecule has 0 aromatic heterocycles. The normalized spacial score (nSPS) is 26.8. The van der Waals surface area contributed by atoms with Gasteiger partial charge in [0.1, 0.15) is 0 Å². The van der Waals surface area contributed by atoms with Gasteiger partial charge in [0.15, 0.2) is 0 Å². The van der Waals surface area contributed by atoms with Gasteiger partial charge < -0.3 is 20.6 Å². The first-order chi connectivity index (χ1) is 12.5. The number of nitrogens with one attached hydrogen (secondary N) is 2. The van der Waals surface area contributed by atoms with Crippen LogP contribution in [0.3, 0.4) is 0 Å². The van der Waals surface area contributed by atoms with E-state index >= 15 is 0 Å². The number of rotatable bonds is 3. The largest absolute Gasteiger partial charge is 0.481 e. The zero-order valence-electron chi connectivity index (χ0n) is 14.6. The van der Waals surface area contributed by atoms with Crippen LogP contribution in [-0.4, -0.2) is 47.5 Å². The summed E-state index contributed by atoms with van der Waals surface area (Å²) in [5, 5.41) is 15.3. The van der Waals surface area contributed by atoms with E-state index in [1.54, 1.807) is 4.90 Å². The van der Waals surface area contributed by atoms with E-state index in [-0.39, 0.29) is 24.4 Å². The Morgan fingerprint density at radius 3 is 3.00 bits per heavy atom. The lowest BCUT2D eigenvalue weighted by Crippen LogP contribution is -2.41. The van der Waals surface area contributed by atoms with Gasteiger partial charge in [0.2, 0.25) is 0 Å². The van der Waals surface area contributed by atoms with Gasteiger partial charge in [0.05, 0.1) is 5.41 Å². The molecule has 2 heterocycles. The summed E-state index contributed by atoms with van der Waals surface area (Å²) in [7, 11) is 0. The number of carbonyl (C=O) groups excluding carboxylic acids is 2. The average Bonchev–Trinajstić information content (AvgIpc) is 3.19. The Balaban J connectivity index is 1.40. The van der Waals surface area contributed by atoms with E-state index in [4.69, 9.17) is 0 Å². The Labute approximate surface area is 151 Å². The topological polar surface area (TPSA) is 98.7 Å². The number of amides is 3. The van der Waals surface area contributed by atoms with Crippen LogP contribution in [0, 0.1) is 11.3 Å². The molecule has 1 saturated heterocycles. The second-order valence-electron chi connectivity index (χ2n) is 7.59. The number of benzene rings is 1. The van der Waals surface area contributed by atoms with Crippen molar-refractivity contribution in [2.24, 2.45) is 11.3 Å². The van der Waals surface area contributed by atoms with Crippen LogP contribution in [0.5, 0.6) is 0 Å². The van der Waals surface area contributed by atoms with Crippen molar-refractivity contribution in [2.45, 2.75) is 32.2 Å². The van der Waals surface area contributed by atoms with Gasteiger partial charge in [0.25, 0.3) is 5.91 Å². The summed E-state index contributed by atoms with van der Waals surface area (Å²) in [5.41, 5.74) is 1.80. The molecule has 2 atom stereocenters. The number of hydrogen-bond donors (Lipinski definition) is 3. The number of nitrogens with zero attached hydrogens (tertiary/aromatic N) is 1. The number of carbonyl (C=O) groups is 3. The molecular weight excluding hydrogens is 334 g/mol. The third-order valence-electron chi connectivity index (χ3n) is 6.13. The van der Waals surface area contributed by atoms with Gasteiger partial charge in [-0.1, -0.05) is 18.6 Å². The van der Waals surface area contributed by atoms with Gasteiger partial charge in [-0.05, 0) is 42.4 Å². The highest BCUT2D eigenvalue weighted by molar-refractivity contribution is 5.96. The number of carboxylic acid groups (broad SMARTS) is 1. The molecule has 7 nitrogen and oxygen atoms in total. The molecule has 1 aromatic rings. The molecule has 3 N–H and O–H groups in total. The van der Waals surface area contributed by atoms with Crippen molar-refractivity contribution in [1.82, 2.24) is 15.5 Å². The zero-order chi connectivity index (χ0) is 18.3. The van der Waals surface area contributed by atoms with Crippen molar-refractivity contribution >= 4 is 17.9 Å². The number of aliphatic carboxylic acids is 1. The summed E-state index contributed by atoms with van der Waals surface area (Å²) >= 11 is 0. The third kappa shape index (κ3) is 2.71. The van der Waals surface area contributed by atoms with Crippen LogP contribution in [0.2, 0.25) is 0 Å². The molecule has 4 rings (SSSR count). The summed E-state index contributed by atoms with van der Waals surface area (Å²) in [6, 6.07) is 5.45. The van der Waals surface area contributed by atoms with Crippen LogP contribution in [0.25, 0.3) is 0 Å². The van der Waals surface area contributed by atoms with Crippen molar-refractivity contribution in [3.63, 3.8) is 0 Å². The molecule has 1 aliphatic carbocycles. The molecule has 2 aliphatic heterocycles. The van der Waals surface area contributed by atoms with Crippen molar-refractivity contribution in [1.29, 1.82) is 0 Å². The Morgan fingerprint density at radius 1 is 1.38 bits per heavy atom. The lowest BCUT2D eigenvalue weighted by atomic mass is 9.81. The Kier molecular flexibility index (Phi) is 4.09. The maximum atomic E-state index is 12.5. The van der Waals surface area contributed by atoms with Crippen LogP contribution >= 0.6 is 0 Å². The SMILES string of the molecule is O=C1NCCc2ccc(CNC(=O)N3C[C@@H]4CCC[C@@]4(C(=O)O)C3)cc21. The van der Waals surface area contributed by atoms with Crippen LogP contribution in [-0.2, 0) is 17.8 Å². The average molecular weight is 357 g/mol. The Hall–Kier alpha value is -2.57. The molecular formula is C19H23N3O4. The van der Waals surface area contributed by atoms with E-state index in [0.29, 0.717) is 31.6 Å². The van der Waals surface area contributed by atoms with E-state index in [2.05, 4.69) is 10.6 Å². The predicted octanol–water partition coefficient (Wildman–Crippen LogP) is 1.37. The highest BCUT2D eigenvalue weighted by Gasteiger charge is 2.55. The number of likely N-dealkylation sites (tertiary alicyclic amines) is 1. The van der Waals surface area contributed by atoms with Gasteiger partial charge >= 0.3 is 12.0 Å². The molecule has 26 heavy (non-hydrogen) atoms. The van der Waals surface area contributed by atoms with E-state index in [9.17, 15) is 19.5 Å². The number of fused-ring (bicyclic) bond motifs is 2. The number of urea groups is 1. The van der Waals surface area contributed by atoms with Gasteiger partial charge in [-0.3, -0.25) is 9.59 Å². The number of hydrogen-bond acceptors (Lipinski definition) is 3. The Bertz CT molecular complexity index is 778. The fourth-order valence-electron chi connectivity index (χ4n) is 4.65. The molecule has 0 unspecified atom stereocenters. The second kappa shape index (κ2) is 6.30. The first-order valence-corrected chi connectivity index (χ1v) is 9.16. The third-order valence-corrected chi connectivity index (χ3v) is 6.13. The standard InChI is InChI=1S/C19H23N3O4/c23-16-15-8-12(3-4-13(15)5-7-20-16)9-21-18(26)22-10-14-2-1-6-19(14,11-22)17(24)25/h3-4,8,14H,1-2,5-7,9-11H2,(H,20,23)(H,21,26)(H,24,25)/t14-,19+/m0/s1. The number of carboxylic acids is 1. The molecule has 2 fully saturated rings. The maximum absolute atomic E-state index is 12.5. The predicted molar refractivity (Wildman–Crippen MR) is 93.7 cm³/mol. The summed E-state index contributed by atoms with van der Waals surface area (Å²) < 4.78 is 0. The van der Waals surface area contributed by atoms with Crippen LogP contribution in [0.15, 0.2) is 18.2 Å². The molecule has 138 valence electrons. The van der Waals surface area contributed by atoms with E-state index in [1.807, 2.05) is 18.2 Å².